The van der Waals surface area contributed by atoms with Crippen LogP contribution in [-0.4, -0.2) is 14.9 Å². The molecule has 1 aromatic carbocycles. The molecule has 76 valence electrons. The molecule has 0 bridgehead atoms. The first-order valence-corrected chi connectivity index (χ1v) is 4.26. The summed E-state index contributed by atoms with van der Waals surface area (Å²) >= 11 is 0. The first kappa shape index (κ1) is 9.32. The van der Waals surface area contributed by atoms with E-state index in [1.807, 2.05) is 0 Å². The van der Waals surface area contributed by atoms with Gasteiger partial charge in [0.2, 0.25) is 0 Å². The van der Waals surface area contributed by atoms with E-state index in [0.29, 0.717) is 11.2 Å². The number of hydrogen-bond acceptors (Lipinski definition) is 5. The Labute approximate surface area is 84.9 Å². The van der Waals surface area contributed by atoms with E-state index < -0.39 is 4.92 Å². The predicted molar refractivity (Wildman–Crippen MR) is 55.3 cm³/mol. The van der Waals surface area contributed by atoms with Crippen molar-refractivity contribution in [2.75, 3.05) is 5.73 Å². The van der Waals surface area contributed by atoms with Crippen LogP contribution in [0.3, 0.4) is 0 Å². The van der Waals surface area contributed by atoms with Crippen molar-refractivity contribution < 1.29 is 4.92 Å². The van der Waals surface area contributed by atoms with Crippen LogP contribution in [0.5, 0.6) is 0 Å². The van der Waals surface area contributed by atoms with Gasteiger partial charge in [0.25, 0.3) is 0 Å². The van der Waals surface area contributed by atoms with Gasteiger partial charge in [0.05, 0.1) is 16.1 Å². The number of nitro benzene ring substituents is 1. The van der Waals surface area contributed by atoms with Crippen LogP contribution < -0.4 is 5.73 Å². The summed E-state index contributed by atoms with van der Waals surface area (Å²) in [5.74, 6) is 0. The van der Waals surface area contributed by atoms with Crippen molar-refractivity contribution in [3.63, 3.8) is 0 Å². The van der Waals surface area contributed by atoms with Crippen LogP contribution >= 0.6 is 0 Å². The smallest absolute Gasteiger partial charge is 0.319 e. The highest BCUT2D eigenvalue weighted by Crippen LogP contribution is 2.28. The van der Waals surface area contributed by atoms with Crippen molar-refractivity contribution in [1.29, 1.82) is 0 Å². The molecule has 0 aliphatic heterocycles. The molecular weight excluding hydrogens is 196 g/mol. The fourth-order valence-corrected chi connectivity index (χ4v) is 1.37. The molecule has 6 nitrogen and oxygen atoms in total. The Hall–Kier alpha value is -2.24. The van der Waals surface area contributed by atoms with E-state index in [0.717, 1.165) is 0 Å². The maximum atomic E-state index is 10.8. The Kier molecular flexibility index (Phi) is 1.96. The molecule has 0 spiro atoms. The molecule has 15 heavy (non-hydrogen) atoms. The Balaban J connectivity index is 2.88. The van der Waals surface area contributed by atoms with Gasteiger partial charge in [-0.2, -0.15) is 0 Å². The monoisotopic (exact) mass is 204 g/mol. The third kappa shape index (κ3) is 1.45. The van der Waals surface area contributed by atoms with Crippen LogP contribution in [0.4, 0.5) is 11.4 Å². The van der Waals surface area contributed by atoms with Crippen molar-refractivity contribution in [2.24, 2.45) is 0 Å². The predicted octanol–water partition coefficient (Wildman–Crippen LogP) is 1.43. The number of nitrogen functional groups attached to an aromatic ring is 1. The highest BCUT2D eigenvalue weighted by molar-refractivity contribution is 5.90. The molecule has 0 radical (unpaired) electrons. The van der Waals surface area contributed by atoms with Gasteiger partial charge in [0.15, 0.2) is 5.52 Å². The number of hydrogen-bond donors (Lipinski definition) is 1. The van der Waals surface area contributed by atoms with E-state index >= 15 is 0 Å². The van der Waals surface area contributed by atoms with Crippen LogP contribution in [0.15, 0.2) is 18.3 Å². The maximum absolute atomic E-state index is 10.8. The van der Waals surface area contributed by atoms with E-state index in [2.05, 4.69) is 9.97 Å². The minimum absolute atomic E-state index is 0.102. The number of rotatable bonds is 1. The lowest BCUT2D eigenvalue weighted by molar-refractivity contribution is -0.382. The summed E-state index contributed by atoms with van der Waals surface area (Å²) in [6, 6.07) is 3.09. The van der Waals surface area contributed by atoms with E-state index in [1.54, 1.807) is 13.0 Å². The standard InChI is InChI=1S/C9H8N4O2/c1-5-4-11-8-7(12-5)3-2-6(10)9(8)13(14)15/h2-4H,10H2,1H3. The molecular formula is C9H8N4O2. The number of aryl methyl sites for hydroxylation is 1. The van der Waals surface area contributed by atoms with E-state index in [9.17, 15) is 10.1 Å². The lowest BCUT2D eigenvalue weighted by atomic mass is 10.2. The molecule has 2 N–H and O–H groups in total. The van der Waals surface area contributed by atoms with Crippen LogP contribution in [0.2, 0.25) is 0 Å². The number of fused-ring (bicyclic) bond motifs is 1. The van der Waals surface area contributed by atoms with Crippen LogP contribution in [0.1, 0.15) is 5.69 Å². The fourth-order valence-electron chi connectivity index (χ4n) is 1.37. The van der Waals surface area contributed by atoms with Gasteiger partial charge in [-0.25, -0.2) is 9.97 Å². The second-order valence-corrected chi connectivity index (χ2v) is 3.14. The molecule has 0 saturated heterocycles. The van der Waals surface area contributed by atoms with Crippen molar-refractivity contribution in [3.05, 3.63) is 34.1 Å². The zero-order valence-electron chi connectivity index (χ0n) is 7.97. The Morgan fingerprint density at radius 1 is 1.47 bits per heavy atom. The number of aromatic nitrogens is 2. The van der Waals surface area contributed by atoms with E-state index in [4.69, 9.17) is 5.73 Å². The van der Waals surface area contributed by atoms with Crippen LogP contribution in [0.25, 0.3) is 11.0 Å². The molecule has 1 heterocycles. The molecule has 0 amide bonds. The van der Waals surface area contributed by atoms with Crippen molar-refractivity contribution in [3.8, 4) is 0 Å². The Morgan fingerprint density at radius 2 is 2.20 bits per heavy atom. The zero-order chi connectivity index (χ0) is 11.0. The first-order valence-electron chi connectivity index (χ1n) is 4.26. The summed E-state index contributed by atoms with van der Waals surface area (Å²) in [6.07, 6.45) is 1.48. The molecule has 0 fully saturated rings. The quantitative estimate of drug-likeness (QED) is 0.430. The second-order valence-electron chi connectivity index (χ2n) is 3.14. The third-order valence-corrected chi connectivity index (χ3v) is 2.02. The Bertz CT molecular complexity index is 553. The highest BCUT2D eigenvalue weighted by atomic mass is 16.6. The molecule has 0 atom stereocenters. The Morgan fingerprint density at radius 3 is 2.87 bits per heavy atom. The molecule has 0 unspecified atom stereocenters. The fraction of sp³-hybridized carbons (Fsp3) is 0.111. The van der Waals surface area contributed by atoms with Gasteiger partial charge in [-0.3, -0.25) is 10.1 Å². The van der Waals surface area contributed by atoms with Gasteiger partial charge in [-0.1, -0.05) is 0 Å². The van der Waals surface area contributed by atoms with Crippen molar-refractivity contribution in [2.45, 2.75) is 6.92 Å². The van der Waals surface area contributed by atoms with Crippen LogP contribution in [0, 0.1) is 17.0 Å². The summed E-state index contributed by atoms with van der Waals surface area (Å²) < 4.78 is 0. The molecule has 0 aliphatic carbocycles. The molecule has 1 aromatic heterocycles. The minimum Gasteiger partial charge on any atom is -0.393 e. The van der Waals surface area contributed by atoms with Gasteiger partial charge in [0.1, 0.15) is 5.69 Å². The average Bonchev–Trinajstić information content (AvgIpc) is 2.17. The topological polar surface area (TPSA) is 94.9 Å². The second kappa shape index (κ2) is 3.16. The molecule has 6 heteroatoms. The molecule has 0 saturated carbocycles. The van der Waals surface area contributed by atoms with Gasteiger partial charge < -0.3 is 5.73 Å². The van der Waals surface area contributed by atoms with Crippen LogP contribution in [-0.2, 0) is 0 Å². The zero-order valence-corrected chi connectivity index (χ0v) is 7.97. The normalized spacial score (nSPS) is 10.5. The molecule has 2 aromatic rings. The number of benzene rings is 1. The number of anilines is 1. The molecule has 0 aliphatic rings. The van der Waals surface area contributed by atoms with Crippen molar-refractivity contribution in [1.82, 2.24) is 9.97 Å². The first-order chi connectivity index (χ1) is 7.09. The van der Waals surface area contributed by atoms with Crippen molar-refractivity contribution >= 4 is 22.4 Å². The third-order valence-electron chi connectivity index (χ3n) is 2.02. The maximum Gasteiger partial charge on any atom is 0.319 e. The summed E-state index contributed by atoms with van der Waals surface area (Å²) in [7, 11) is 0. The lowest BCUT2D eigenvalue weighted by Gasteiger charge is -2.01. The minimum atomic E-state index is -0.540. The van der Waals surface area contributed by atoms with Gasteiger partial charge in [0, 0.05) is 6.20 Å². The van der Waals surface area contributed by atoms with Gasteiger partial charge in [-0.15, -0.1) is 0 Å². The van der Waals surface area contributed by atoms with E-state index in [1.165, 1.54) is 12.3 Å². The largest absolute Gasteiger partial charge is 0.393 e. The van der Waals surface area contributed by atoms with E-state index in [-0.39, 0.29) is 16.9 Å². The molecule has 2 rings (SSSR count). The summed E-state index contributed by atoms with van der Waals surface area (Å²) in [5, 5.41) is 10.8. The summed E-state index contributed by atoms with van der Waals surface area (Å²) in [4.78, 5) is 18.4. The van der Waals surface area contributed by atoms with Gasteiger partial charge >= 0.3 is 5.69 Å². The highest BCUT2D eigenvalue weighted by Gasteiger charge is 2.18. The number of nitrogens with zero attached hydrogens (tertiary/aromatic N) is 3. The summed E-state index contributed by atoms with van der Waals surface area (Å²) in [5.41, 5.74) is 6.86. The lowest BCUT2D eigenvalue weighted by Crippen LogP contribution is -1.99. The number of nitro groups is 1. The summed E-state index contributed by atoms with van der Waals surface area (Å²) in [6.45, 7) is 1.77. The number of nitrogens with two attached hydrogens (primary N) is 1. The van der Waals surface area contributed by atoms with Gasteiger partial charge in [-0.05, 0) is 19.1 Å². The SMILES string of the molecule is Cc1cnc2c([N+](=O)[O-])c(N)ccc2n1. The average molecular weight is 204 g/mol.